The number of fused-ring (bicyclic) bond motifs is 2. The molecule has 0 spiro atoms. The Kier molecular flexibility index (Phi) is 13.6. The summed E-state index contributed by atoms with van der Waals surface area (Å²) in [5, 5.41) is 42.0. The molecule has 2 saturated carbocycles. The maximum Gasteiger partial charge on any atom is 0.251 e. The Morgan fingerprint density at radius 1 is 0.761 bits per heavy atom. The van der Waals surface area contributed by atoms with Gasteiger partial charge in [0.2, 0.25) is 5.88 Å². The van der Waals surface area contributed by atoms with Gasteiger partial charge in [-0.15, -0.1) is 16.9 Å². The molecule has 2 fully saturated rings. The molecule has 2 aliphatic rings. The summed E-state index contributed by atoms with van der Waals surface area (Å²) in [6.07, 6.45) is 9.43. The van der Waals surface area contributed by atoms with E-state index in [1.54, 1.807) is 85.7 Å². The van der Waals surface area contributed by atoms with Crippen molar-refractivity contribution in [2.45, 2.75) is 95.4 Å². The molecule has 3 aromatic carbocycles. The number of rotatable bonds is 15. The van der Waals surface area contributed by atoms with Gasteiger partial charge in [0, 0.05) is 58.4 Å². The van der Waals surface area contributed by atoms with Crippen molar-refractivity contribution in [3.05, 3.63) is 112 Å². The van der Waals surface area contributed by atoms with Crippen molar-refractivity contribution >= 4 is 62.2 Å². The number of hydrogen-bond acceptors (Lipinski definition) is 12. The molecular formula is C49H54BrFN10O5S. The molecule has 9 rings (SSSR count). The SMILES string of the molecule is CSc1cccc(Oc2cc(NCC(C)(C)O)c3ncc(-c4ccc(C(=O)NC5CC5)c(C)c4)n3n2)c1F.Cc1cc(-c2cnc3c(NCC(C)(C)O)cc(Br)nn23)ccc1C(=O)NC1CC1. The highest BCUT2D eigenvalue weighted by atomic mass is 79.9. The van der Waals surface area contributed by atoms with Crippen LogP contribution in [0.25, 0.3) is 33.8 Å². The second-order valence-electron chi connectivity index (χ2n) is 18.3. The summed E-state index contributed by atoms with van der Waals surface area (Å²) in [6, 6.07) is 20.4. The highest BCUT2D eigenvalue weighted by Crippen LogP contribution is 2.34. The number of nitrogens with one attached hydrogen (secondary N) is 4. The molecule has 0 bridgehead atoms. The summed E-state index contributed by atoms with van der Waals surface area (Å²) < 4.78 is 24.9. The molecule has 0 unspecified atom stereocenters. The molecular weight excluding hydrogens is 940 g/mol. The largest absolute Gasteiger partial charge is 0.434 e. The van der Waals surface area contributed by atoms with Crippen LogP contribution >= 0.6 is 27.7 Å². The predicted molar refractivity (Wildman–Crippen MR) is 263 cm³/mol. The lowest BCUT2D eigenvalue weighted by Gasteiger charge is -2.19. The number of nitrogens with zero attached hydrogens (tertiary/aromatic N) is 6. The molecule has 7 aromatic rings. The van der Waals surface area contributed by atoms with Crippen LogP contribution in [0.3, 0.4) is 0 Å². The molecule has 4 heterocycles. The lowest BCUT2D eigenvalue weighted by atomic mass is 10.0. The van der Waals surface area contributed by atoms with Crippen LogP contribution in [0.5, 0.6) is 11.6 Å². The number of benzene rings is 3. The van der Waals surface area contributed by atoms with Crippen LogP contribution in [-0.4, -0.2) is 93.9 Å². The molecule has 2 aliphatic carbocycles. The van der Waals surface area contributed by atoms with Crippen molar-refractivity contribution in [3.8, 4) is 34.1 Å². The zero-order chi connectivity index (χ0) is 47.8. The number of aryl methyl sites for hydroxylation is 2. The average molecular weight is 994 g/mol. The first-order valence-electron chi connectivity index (χ1n) is 22.0. The zero-order valence-electron chi connectivity index (χ0n) is 38.4. The molecule has 4 aromatic heterocycles. The maximum atomic E-state index is 14.9. The lowest BCUT2D eigenvalue weighted by molar-refractivity contribution is 0.0939. The minimum absolute atomic E-state index is 0.0198. The standard InChI is InChI=1S/C28H30FN5O3S.C21H24BrN5O2/c1-16-12-17(8-11-19(16)27(35)32-18-9-10-18)21-14-30-26-20(31-15-28(2,3)36)13-24(33-34(21)26)37-22-6-5-7-23(38-4)25(22)29;1-12-8-13(4-7-15(12)20(28)25-14-5-6-14)17-10-23-19-16(24-11-21(2,3)29)9-18(22)26-27(17)19/h5-8,11-14,18,31,36H,9-10,15H2,1-4H3,(H,32,35);4,7-10,14,24,29H,5-6,11H2,1-3H3,(H,25,28). The molecule has 350 valence electrons. The maximum absolute atomic E-state index is 14.9. The molecule has 15 nitrogen and oxygen atoms in total. The van der Waals surface area contributed by atoms with Gasteiger partial charge in [0.1, 0.15) is 4.60 Å². The summed E-state index contributed by atoms with van der Waals surface area (Å²) in [5.74, 6) is -0.343. The monoisotopic (exact) mass is 992 g/mol. The van der Waals surface area contributed by atoms with Crippen molar-refractivity contribution in [2.75, 3.05) is 30.0 Å². The number of halogens is 2. The van der Waals surface area contributed by atoms with Gasteiger partial charge in [-0.05, 0) is 143 Å². The van der Waals surface area contributed by atoms with Crippen LogP contribution in [-0.2, 0) is 0 Å². The van der Waals surface area contributed by atoms with Crippen LogP contribution < -0.4 is 26.0 Å². The molecule has 0 saturated heterocycles. The molecule has 0 aliphatic heterocycles. The van der Waals surface area contributed by atoms with Crippen LogP contribution in [0.4, 0.5) is 15.8 Å². The van der Waals surface area contributed by atoms with E-state index in [1.165, 1.54) is 11.8 Å². The third-order valence-corrected chi connectivity index (χ3v) is 12.2. The summed E-state index contributed by atoms with van der Waals surface area (Å²) in [5.41, 5.74) is 6.99. The number of anilines is 2. The van der Waals surface area contributed by atoms with E-state index in [0.29, 0.717) is 55.9 Å². The number of thioether (sulfide) groups is 1. The predicted octanol–water partition coefficient (Wildman–Crippen LogP) is 8.98. The van der Waals surface area contributed by atoms with Crippen molar-refractivity contribution in [2.24, 2.45) is 0 Å². The van der Waals surface area contributed by atoms with E-state index >= 15 is 0 Å². The van der Waals surface area contributed by atoms with Crippen LogP contribution in [0, 0.1) is 19.7 Å². The first kappa shape index (κ1) is 47.4. The van der Waals surface area contributed by atoms with Crippen LogP contribution in [0.15, 0.2) is 88.6 Å². The molecule has 6 N–H and O–H groups in total. The minimum Gasteiger partial charge on any atom is -0.434 e. The van der Waals surface area contributed by atoms with Crippen molar-refractivity contribution < 1.29 is 28.9 Å². The van der Waals surface area contributed by atoms with Gasteiger partial charge in [0.15, 0.2) is 22.9 Å². The fraction of sp³-hybridized carbons (Fsp3) is 0.347. The second kappa shape index (κ2) is 19.3. The van der Waals surface area contributed by atoms with E-state index in [-0.39, 0.29) is 36.0 Å². The fourth-order valence-corrected chi connectivity index (χ4v) is 8.07. The molecule has 2 amide bonds. The van der Waals surface area contributed by atoms with E-state index in [9.17, 15) is 24.2 Å². The first-order valence-corrected chi connectivity index (χ1v) is 24.1. The number of aliphatic hydroxyl groups is 2. The highest BCUT2D eigenvalue weighted by Gasteiger charge is 2.26. The lowest BCUT2D eigenvalue weighted by Crippen LogP contribution is -2.29. The zero-order valence-corrected chi connectivity index (χ0v) is 40.8. The van der Waals surface area contributed by atoms with Gasteiger partial charge in [-0.2, -0.15) is 5.10 Å². The highest BCUT2D eigenvalue weighted by molar-refractivity contribution is 9.10. The molecule has 18 heteroatoms. The molecule has 0 radical (unpaired) electrons. The second-order valence-corrected chi connectivity index (χ2v) is 20.0. The van der Waals surface area contributed by atoms with E-state index in [0.717, 1.165) is 59.3 Å². The van der Waals surface area contributed by atoms with E-state index in [4.69, 9.17) is 4.74 Å². The number of ether oxygens (including phenoxy) is 1. The molecule has 67 heavy (non-hydrogen) atoms. The number of imidazole rings is 2. The van der Waals surface area contributed by atoms with Gasteiger partial charge in [-0.25, -0.2) is 23.4 Å². The number of carbonyl (C=O) groups is 2. The summed E-state index contributed by atoms with van der Waals surface area (Å²) in [7, 11) is 0. The molecule has 0 atom stereocenters. The minimum atomic E-state index is -0.983. The Morgan fingerprint density at radius 2 is 1.25 bits per heavy atom. The van der Waals surface area contributed by atoms with Gasteiger partial charge in [0.05, 0.1) is 46.4 Å². The number of amides is 2. The third-order valence-electron chi connectivity index (χ3n) is 11.0. The Morgan fingerprint density at radius 3 is 1.72 bits per heavy atom. The van der Waals surface area contributed by atoms with Gasteiger partial charge < -0.3 is 36.2 Å². The summed E-state index contributed by atoms with van der Waals surface area (Å²) in [4.78, 5) is 34.6. The summed E-state index contributed by atoms with van der Waals surface area (Å²) in [6.45, 7) is 11.3. The van der Waals surface area contributed by atoms with Crippen molar-refractivity contribution in [3.63, 3.8) is 0 Å². The number of carbonyl (C=O) groups excluding carboxylic acids is 2. The Balaban J connectivity index is 0.000000188. The van der Waals surface area contributed by atoms with Gasteiger partial charge in [-0.1, -0.05) is 18.2 Å². The quantitative estimate of drug-likeness (QED) is 0.0536. The number of hydrogen-bond donors (Lipinski definition) is 6. The Labute approximate surface area is 400 Å². The van der Waals surface area contributed by atoms with E-state index in [2.05, 4.69) is 57.4 Å². The van der Waals surface area contributed by atoms with E-state index in [1.807, 2.05) is 50.2 Å². The van der Waals surface area contributed by atoms with E-state index < -0.39 is 17.0 Å². The van der Waals surface area contributed by atoms with Crippen molar-refractivity contribution in [1.29, 1.82) is 0 Å². The normalized spacial score (nSPS) is 13.8. The van der Waals surface area contributed by atoms with Crippen LogP contribution in [0.2, 0.25) is 0 Å². The topological polar surface area (TPSA) is 192 Å². The van der Waals surface area contributed by atoms with Gasteiger partial charge >= 0.3 is 0 Å². The first-order chi connectivity index (χ1) is 31.8. The smallest absolute Gasteiger partial charge is 0.251 e. The Bertz CT molecular complexity index is 2990. The van der Waals surface area contributed by atoms with Gasteiger partial charge in [0.25, 0.3) is 11.8 Å². The fourth-order valence-electron chi connectivity index (χ4n) is 7.19. The van der Waals surface area contributed by atoms with Crippen molar-refractivity contribution in [1.82, 2.24) is 39.8 Å². The number of aromatic nitrogens is 6. The summed E-state index contributed by atoms with van der Waals surface area (Å²) >= 11 is 4.74. The van der Waals surface area contributed by atoms with Crippen LogP contribution in [0.1, 0.15) is 85.2 Å². The van der Waals surface area contributed by atoms with Gasteiger partial charge in [-0.3, -0.25) is 9.59 Å². The average Bonchev–Trinajstić information content (AvgIpc) is 4.19. The Hall–Kier alpha value is -6.08. The third kappa shape index (κ3) is 11.6.